The van der Waals surface area contributed by atoms with Crippen molar-refractivity contribution in [3.8, 4) is 0 Å². The van der Waals surface area contributed by atoms with E-state index < -0.39 is 6.17 Å². The van der Waals surface area contributed by atoms with Crippen LogP contribution in [-0.2, 0) is 4.79 Å². The molecule has 0 spiro atoms. The summed E-state index contributed by atoms with van der Waals surface area (Å²) in [5.74, 6) is 0.402. The van der Waals surface area contributed by atoms with Crippen molar-refractivity contribution in [3.63, 3.8) is 0 Å². The average molecular weight is 352 g/mol. The molecular weight excluding hydrogens is 319 g/mol. The van der Waals surface area contributed by atoms with E-state index in [-0.39, 0.29) is 29.7 Å². The van der Waals surface area contributed by atoms with Crippen molar-refractivity contribution in [1.82, 2.24) is 15.5 Å². The maximum absolute atomic E-state index is 15.0. The molecule has 0 aromatic rings. The zero-order valence-corrected chi connectivity index (χ0v) is 15.1. The minimum Gasteiger partial charge on any atom is -0.338 e. The highest BCUT2D eigenvalue weighted by Gasteiger charge is 2.43. The highest BCUT2D eigenvalue weighted by atomic mass is 19.1. The van der Waals surface area contributed by atoms with Gasteiger partial charge in [-0.05, 0) is 63.3 Å². The van der Waals surface area contributed by atoms with Crippen molar-refractivity contribution < 1.29 is 9.18 Å². The fraction of sp³-hybridized carbons (Fsp3) is 0.947. The number of carbonyl (C=O) groups excluding carboxylic acids is 1. The quantitative estimate of drug-likeness (QED) is 0.694. The van der Waals surface area contributed by atoms with Crippen molar-refractivity contribution in [2.45, 2.75) is 69.2 Å². The summed E-state index contributed by atoms with van der Waals surface area (Å²) >= 11 is 0. The van der Waals surface area contributed by atoms with Crippen LogP contribution in [0.5, 0.6) is 0 Å². The van der Waals surface area contributed by atoms with Gasteiger partial charge in [0.1, 0.15) is 6.17 Å². The fourth-order valence-corrected chi connectivity index (χ4v) is 5.69. The molecule has 5 rings (SSSR count). The summed E-state index contributed by atoms with van der Waals surface area (Å²) in [6, 6.07) is 0.941. The number of piperidine rings is 2. The summed E-state index contributed by atoms with van der Waals surface area (Å²) in [7, 11) is 0. The van der Waals surface area contributed by atoms with E-state index in [0.717, 1.165) is 58.3 Å². The molecule has 142 valence electrons. The molecule has 0 aromatic heterocycles. The second-order valence-corrected chi connectivity index (χ2v) is 8.67. The zero-order valence-electron chi connectivity index (χ0n) is 15.1. The van der Waals surface area contributed by atoms with Gasteiger partial charge in [0.2, 0.25) is 5.91 Å². The van der Waals surface area contributed by atoms with Gasteiger partial charge in [0, 0.05) is 43.7 Å². The van der Waals surface area contributed by atoms with Gasteiger partial charge in [-0.15, -0.1) is 0 Å². The van der Waals surface area contributed by atoms with Gasteiger partial charge in [-0.1, -0.05) is 0 Å². The van der Waals surface area contributed by atoms with Crippen molar-refractivity contribution in [3.05, 3.63) is 0 Å². The maximum atomic E-state index is 15.0. The lowest BCUT2D eigenvalue weighted by atomic mass is 9.70. The molecule has 1 saturated carbocycles. The van der Waals surface area contributed by atoms with Gasteiger partial charge in [-0.3, -0.25) is 4.79 Å². The van der Waals surface area contributed by atoms with Crippen LogP contribution >= 0.6 is 0 Å². The largest absolute Gasteiger partial charge is 0.338 e. The third-order valence-electron chi connectivity index (χ3n) is 7.24. The molecule has 25 heavy (non-hydrogen) atoms. The van der Waals surface area contributed by atoms with Crippen LogP contribution in [0.3, 0.4) is 0 Å². The summed E-state index contributed by atoms with van der Waals surface area (Å²) < 4.78 is 15.0. The Morgan fingerprint density at radius 1 is 1.04 bits per heavy atom. The van der Waals surface area contributed by atoms with Crippen LogP contribution in [0.1, 0.15) is 44.9 Å². The number of nitrogens with zero attached hydrogens (tertiary/aromatic N) is 1. The predicted octanol–water partition coefficient (Wildman–Crippen LogP) is 1.03. The molecule has 5 fully saturated rings. The highest BCUT2D eigenvalue weighted by Crippen LogP contribution is 2.40. The first-order chi connectivity index (χ1) is 12.1. The van der Waals surface area contributed by atoms with Crippen molar-refractivity contribution in [1.29, 1.82) is 0 Å². The molecule has 4 N–H and O–H groups in total. The Labute approximate surface area is 150 Å². The smallest absolute Gasteiger partial charge is 0.226 e. The Morgan fingerprint density at radius 2 is 1.92 bits per heavy atom. The standard InChI is InChI=1S/C19H33FN4O/c20-17-9-12(1-4-15(17)16-5-7-22-11-18(16)21)19(25)24-8-6-13-2-3-14(24)10-23-13/h12-18,22-23H,1-11,21H2. The van der Waals surface area contributed by atoms with Crippen LogP contribution < -0.4 is 16.4 Å². The van der Waals surface area contributed by atoms with E-state index in [2.05, 4.69) is 15.5 Å². The van der Waals surface area contributed by atoms with Gasteiger partial charge < -0.3 is 21.3 Å². The Bertz CT molecular complexity index is 482. The second kappa shape index (κ2) is 7.49. The van der Waals surface area contributed by atoms with Gasteiger partial charge in [-0.2, -0.15) is 0 Å². The monoisotopic (exact) mass is 352 g/mol. The number of carbonyl (C=O) groups is 1. The van der Waals surface area contributed by atoms with Crippen molar-refractivity contribution >= 4 is 5.91 Å². The number of alkyl halides is 1. The Morgan fingerprint density at radius 3 is 2.64 bits per heavy atom. The third-order valence-corrected chi connectivity index (χ3v) is 7.24. The molecule has 0 aromatic carbocycles. The lowest BCUT2D eigenvalue weighted by Gasteiger charge is -2.42. The number of hydrogen-bond acceptors (Lipinski definition) is 4. The number of nitrogens with one attached hydrogen (secondary N) is 2. The molecule has 0 radical (unpaired) electrons. The Balaban J connectivity index is 1.37. The molecule has 4 aliphatic heterocycles. The van der Waals surface area contributed by atoms with Gasteiger partial charge in [0.15, 0.2) is 0 Å². The van der Waals surface area contributed by atoms with Crippen LogP contribution in [0.4, 0.5) is 4.39 Å². The molecule has 1 aliphatic carbocycles. The summed E-state index contributed by atoms with van der Waals surface area (Å²) in [4.78, 5) is 15.2. The lowest BCUT2D eigenvalue weighted by molar-refractivity contribution is -0.140. The summed E-state index contributed by atoms with van der Waals surface area (Å²) in [6.07, 6.45) is 5.45. The number of halogens is 1. The molecular formula is C19H33FN4O. The van der Waals surface area contributed by atoms with Crippen molar-refractivity contribution in [2.24, 2.45) is 23.5 Å². The number of fused-ring (bicyclic) bond motifs is 4. The minimum atomic E-state index is -0.877. The van der Waals surface area contributed by atoms with Crippen LogP contribution in [0.15, 0.2) is 0 Å². The first-order valence-electron chi connectivity index (χ1n) is 10.3. The SMILES string of the molecule is NC1CNCCC1C1CCC(C(=O)N2CCC3CCC2CN3)CC1F. The van der Waals surface area contributed by atoms with E-state index in [4.69, 9.17) is 5.73 Å². The van der Waals surface area contributed by atoms with E-state index in [1.54, 1.807) is 0 Å². The van der Waals surface area contributed by atoms with E-state index in [1.807, 2.05) is 0 Å². The van der Waals surface area contributed by atoms with Crippen LogP contribution in [0, 0.1) is 17.8 Å². The summed E-state index contributed by atoms with van der Waals surface area (Å²) in [5, 5.41) is 6.84. The molecule has 7 atom stereocenters. The van der Waals surface area contributed by atoms with Gasteiger partial charge in [-0.25, -0.2) is 4.39 Å². The molecule has 1 amide bonds. The zero-order chi connectivity index (χ0) is 17.4. The van der Waals surface area contributed by atoms with E-state index in [9.17, 15) is 9.18 Å². The van der Waals surface area contributed by atoms with Gasteiger partial charge >= 0.3 is 0 Å². The molecule has 6 heteroatoms. The second-order valence-electron chi connectivity index (χ2n) is 8.67. The number of amides is 1. The minimum absolute atomic E-state index is 0.0443. The fourth-order valence-electron chi connectivity index (χ4n) is 5.69. The van der Waals surface area contributed by atoms with E-state index >= 15 is 0 Å². The number of nitrogens with two attached hydrogens (primary N) is 1. The van der Waals surface area contributed by atoms with Crippen molar-refractivity contribution in [2.75, 3.05) is 26.2 Å². The first kappa shape index (κ1) is 17.7. The molecule has 4 heterocycles. The third kappa shape index (κ3) is 3.58. The normalized spacial score (nSPS) is 45.2. The molecule has 2 bridgehead atoms. The van der Waals surface area contributed by atoms with Gasteiger partial charge in [0.25, 0.3) is 0 Å². The van der Waals surface area contributed by atoms with Gasteiger partial charge in [0.05, 0.1) is 0 Å². The van der Waals surface area contributed by atoms with E-state index in [1.165, 1.54) is 6.42 Å². The molecule has 5 nitrogen and oxygen atoms in total. The Kier molecular flexibility index (Phi) is 5.30. The molecule has 5 aliphatic rings. The van der Waals surface area contributed by atoms with Crippen LogP contribution in [0.2, 0.25) is 0 Å². The lowest BCUT2D eigenvalue weighted by Crippen LogP contribution is -2.52. The van der Waals surface area contributed by atoms with Crippen LogP contribution in [-0.4, -0.2) is 61.3 Å². The molecule has 7 unspecified atom stereocenters. The van der Waals surface area contributed by atoms with E-state index in [0.29, 0.717) is 18.5 Å². The Hall–Kier alpha value is -0.720. The first-order valence-corrected chi connectivity index (χ1v) is 10.3. The predicted molar refractivity (Wildman–Crippen MR) is 95.8 cm³/mol. The topological polar surface area (TPSA) is 70.4 Å². The number of hydrogen-bond donors (Lipinski definition) is 3. The maximum Gasteiger partial charge on any atom is 0.226 e. The average Bonchev–Trinajstić information content (AvgIpc) is 2.96. The summed E-state index contributed by atoms with van der Waals surface area (Å²) in [6.45, 7) is 3.49. The van der Waals surface area contributed by atoms with Crippen LogP contribution in [0.25, 0.3) is 0 Å². The highest BCUT2D eigenvalue weighted by molar-refractivity contribution is 5.79. The summed E-state index contributed by atoms with van der Waals surface area (Å²) in [5.41, 5.74) is 6.23. The molecule has 4 saturated heterocycles. The number of rotatable bonds is 2.